The van der Waals surface area contributed by atoms with Crippen molar-refractivity contribution in [3.8, 4) is 0 Å². The lowest BCUT2D eigenvalue weighted by atomic mass is 10.2. The Morgan fingerprint density at radius 2 is 2.29 bits per heavy atom. The second kappa shape index (κ2) is 7.09. The number of nitrogens with one attached hydrogen (secondary N) is 2. The number of ether oxygens (including phenoxy) is 1. The molecule has 0 bridgehead atoms. The number of hydrogen-bond donors (Lipinski definition) is 3. The van der Waals surface area contributed by atoms with E-state index in [9.17, 15) is 4.79 Å². The molecule has 1 amide bonds. The molecule has 2 rings (SSSR count). The van der Waals surface area contributed by atoms with Crippen molar-refractivity contribution < 1.29 is 9.53 Å². The standard InChI is InChI=1S/C14H24N4O2S/c1-8(2)7-16-14-18-12(15)11(21-14)13(19)17-9-4-5-10(6-9)20-3/h8-10H,4-7,15H2,1-3H3,(H,16,18)(H,17,19). The van der Waals surface area contributed by atoms with Crippen LogP contribution < -0.4 is 16.4 Å². The van der Waals surface area contributed by atoms with Gasteiger partial charge in [-0.25, -0.2) is 4.98 Å². The number of anilines is 2. The highest BCUT2D eigenvalue weighted by Crippen LogP contribution is 2.27. The Kier molecular flexibility index (Phi) is 5.41. The minimum atomic E-state index is -0.135. The van der Waals surface area contributed by atoms with Crippen molar-refractivity contribution in [2.24, 2.45) is 5.92 Å². The number of nitrogen functional groups attached to an aromatic ring is 1. The van der Waals surface area contributed by atoms with Crippen LogP contribution in [0.4, 0.5) is 10.9 Å². The SMILES string of the molecule is COC1CCC(NC(=O)c2sc(NCC(C)C)nc2N)C1. The maximum atomic E-state index is 12.3. The summed E-state index contributed by atoms with van der Waals surface area (Å²) in [6.45, 7) is 5.04. The molecular formula is C14H24N4O2S. The molecule has 1 heterocycles. The number of nitrogens with two attached hydrogens (primary N) is 1. The second-order valence-electron chi connectivity index (χ2n) is 5.85. The molecule has 7 heteroatoms. The van der Waals surface area contributed by atoms with Crippen LogP contribution >= 0.6 is 11.3 Å². The number of carbonyl (C=O) groups is 1. The van der Waals surface area contributed by atoms with Gasteiger partial charge in [0.25, 0.3) is 5.91 Å². The van der Waals surface area contributed by atoms with Gasteiger partial charge in [-0.15, -0.1) is 0 Å². The van der Waals surface area contributed by atoms with Gasteiger partial charge in [0.2, 0.25) is 0 Å². The third-order valence-electron chi connectivity index (χ3n) is 3.57. The third-order valence-corrected chi connectivity index (χ3v) is 4.60. The molecule has 1 saturated carbocycles. The van der Waals surface area contributed by atoms with E-state index < -0.39 is 0 Å². The van der Waals surface area contributed by atoms with Crippen LogP contribution in [0.1, 0.15) is 42.8 Å². The molecule has 0 aliphatic heterocycles. The van der Waals surface area contributed by atoms with Gasteiger partial charge in [0, 0.05) is 19.7 Å². The van der Waals surface area contributed by atoms with Crippen molar-refractivity contribution in [3.05, 3.63) is 4.88 Å². The summed E-state index contributed by atoms with van der Waals surface area (Å²) < 4.78 is 5.32. The molecule has 0 spiro atoms. The average molecular weight is 312 g/mol. The van der Waals surface area contributed by atoms with E-state index in [4.69, 9.17) is 10.5 Å². The minimum absolute atomic E-state index is 0.135. The molecule has 21 heavy (non-hydrogen) atoms. The summed E-state index contributed by atoms with van der Waals surface area (Å²) in [5.74, 6) is 0.672. The molecule has 1 aliphatic rings. The first-order chi connectivity index (χ1) is 9.99. The molecule has 6 nitrogen and oxygen atoms in total. The van der Waals surface area contributed by atoms with E-state index in [1.54, 1.807) is 7.11 Å². The van der Waals surface area contributed by atoms with Gasteiger partial charge in [0.1, 0.15) is 10.7 Å². The number of hydrogen-bond acceptors (Lipinski definition) is 6. The normalized spacial score (nSPS) is 21.7. The van der Waals surface area contributed by atoms with Crippen LogP contribution in [0.2, 0.25) is 0 Å². The summed E-state index contributed by atoms with van der Waals surface area (Å²) in [6.07, 6.45) is 3.04. The Hall–Kier alpha value is -1.34. The molecule has 4 N–H and O–H groups in total. The van der Waals surface area contributed by atoms with Crippen molar-refractivity contribution >= 4 is 28.2 Å². The number of methoxy groups -OCH3 is 1. The molecule has 0 saturated heterocycles. The van der Waals surface area contributed by atoms with Gasteiger partial charge >= 0.3 is 0 Å². The number of thiazole rings is 1. The van der Waals surface area contributed by atoms with Gasteiger partial charge < -0.3 is 21.1 Å². The molecule has 0 aromatic carbocycles. The summed E-state index contributed by atoms with van der Waals surface area (Å²) in [6, 6.07) is 0.163. The van der Waals surface area contributed by atoms with Crippen LogP contribution in [0.5, 0.6) is 0 Å². The highest BCUT2D eigenvalue weighted by atomic mass is 32.1. The van der Waals surface area contributed by atoms with Crippen LogP contribution in [0.25, 0.3) is 0 Å². The maximum Gasteiger partial charge on any atom is 0.265 e. The lowest BCUT2D eigenvalue weighted by Gasteiger charge is -2.12. The number of carbonyl (C=O) groups excluding carboxylic acids is 1. The van der Waals surface area contributed by atoms with E-state index in [-0.39, 0.29) is 18.1 Å². The second-order valence-corrected chi connectivity index (χ2v) is 6.85. The number of amides is 1. The largest absolute Gasteiger partial charge is 0.382 e. The van der Waals surface area contributed by atoms with E-state index in [0.29, 0.717) is 21.7 Å². The van der Waals surface area contributed by atoms with Gasteiger partial charge in [-0.3, -0.25) is 4.79 Å². The summed E-state index contributed by atoms with van der Waals surface area (Å²) >= 11 is 1.31. The Morgan fingerprint density at radius 1 is 1.52 bits per heavy atom. The fraction of sp³-hybridized carbons (Fsp3) is 0.714. The molecule has 2 unspecified atom stereocenters. The van der Waals surface area contributed by atoms with Crippen molar-refractivity contribution in [2.45, 2.75) is 45.3 Å². The van der Waals surface area contributed by atoms with E-state index in [1.807, 2.05) is 0 Å². The lowest BCUT2D eigenvalue weighted by molar-refractivity contribution is 0.0919. The van der Waals surface area contributed by atoms with E-state index in [0.717, 1.165) is 25.8 Å². The van der Waals surface area contributed by atoms with Crippen LogP contribution in [0.15, 0.2) is 0 Å². The summed E-state index contributed by atoms with van der Waals surface area (Å²) in [5, 5.41) is 6.92. The number of nitrogens with zero attached hydrogens (tertiary/aromatic N) is 1. The zero-order valence-electron chi connectivity index (χ0n) is 12.8. The van der Waals surface area contributed by atoms with E-state index in [2.05, 4.69) is 29.5 Å². The van der Waals surface area contributed by atoms with Gasteiger partial charge in [0.15, 0.2) is 5.13 Å². The smallest absolute Gasteiger partial charge is 0.265 e. The third kappa shape index (κ3) is 4.31. The highest BCUT2D eigenvalue weighted by Gasteiger charge is 2.27. The Morgan fingerprint density at radius 3 is 2.90 bits per heavy atom. The molecule has 1 aliphatic carbocycles. The van der Waals surface area contributed by atoms with Crippen molar-refractivity contribution in [1.29, 1.82) is 0 Å². The predicted octanol–water partition coefficient (Wildman–Crippen LogP) is 2.09. The molecule has 1 fully saturated rings. The topological polar surface area (TPSA) is 89.3 Å². The fourth-order valence-electron chi connectivity index (χ4n) is 2.40. The van der Waals surface area contributed by atoms with Gasteiger partial charge in [-0.2, -0.15) is 0 Å². The first-order valence-corrected chi connectivity index (χ1v) is 8.15. The number of rotatable bonds is 6. The van der Waals surface area contributed by atoms with Crippen LogP contribution in [0.3, 0.4) is 0 Å². The summed E-state index contributed by atoms with van der Waals surface area (Å²) in [4.78, 5) is 17.0. The molecular weight excluding hydrogens is 288 g/mol. The zero-order valence-corrected chi connectivity index (χ0v) is 13.6. The Labute approximate surface area is 129 Å². The fourth-order valence-corrected chi connectivity index (χ4v) is 3.19. The summed E-state index contributed by atoms with van der Waals surface area (Å²) in [7, 11) is 1.71. The maximum absolute atomic E-state index is 12.3. The van der Waals surface area contributed by atoms with Crippen molar-refractivity contribution in [2.75, 3.05) is 24.7 Å². The Bertz CT molecular complexity index is 489. The zero-order chi connectivity index (χ0) is 15.4. The quantitative estimate of drug-likeness (QED) is 0.748. The molecule has 2 atom stereocenters. The van der Waals surface area contributed by atoms with Crippen LogP contribution in [0, 0.1) is 5.92 Å². The minimum Gasteiger partial charge on any atom is -0.382 e. The number of aromatic nitrogens is 1. The van der Waals surface area contributed by atoms with Crippen LogP contribution in [-0.2, 0) is 4.74 Å². The van der Waals surface area contributed by atoms with Gasteiger partial charge in [0.05, 0.1) is 6.10 Å². The molecule has 1 aromatic rings. The monoisotopic (exact) mass is 312 g/mol. The van der Waals surface area contributed by atoms with Gasteiger partial charge in [-0.1, -0.05) is 25.2 Å². The highest BCUT2D eigenvalue weighted by molar-refractivity contribution is 7.18. The van der Waals surface area contributed by atoms with Gasteiger partial charge in [-0.05, 0) is 25.2 Å². The molecule has 0 radical (unpaired) electrons. The van der Waals surface area contributed by atoms with E-state index in [1.165, 1.54) is 11.3 Å². The molecule has 1 aromatic heterocycles. The first kappa shape index (κ1) is 16.0. The van der Waals surface area contributed by atoms with Crippen LogP contribution in [-0.4, -0.2) is 36.7 Å². The average Bonchev–Trinajstić information content (AvgIpc) is 3.02. The molecule has 118 valence electrons. The first-order valence-electron chi connectivity index (χ1n) is 7.33. The van der Waals surface area contributed by atoms with Crippen molar-refractivity contribution in [1.82, 2.24) is 10.3 Å². The lowest BCUT2D eigenvalue weighted by Crippen LogP contribution is -2.33. The predicted molar refractivity (Wildman–Crippen MR) is 85.8 cm³/mol. The Balaban J connectivity index is 1.93. The van der Waals surface area contributed by atoms with Crippen molar-refractivity contribution in [3.63, 3.8) is 0 Å². The van der Waals surface area contributed by atoms with E-state index >= 15 is 0 Å². The summed E-state index contributed by atoms with van der Waals surface area (Å²) in [5.41, 5.74) is 5.85.